The molecule has 0 unspecified atom stereocenters. The molecule has 2 aromatic carbocycles. The van der Waals surface area contributed by atoms with E-state index in [1.165, 1.54) is 24.8 Å². The Morgan fingerprint density at radius 1 is 0.964 bits per heavy atom. The summed E-state index contributed by atoms with van der Waals surface area (Å²) in [7, 11) is 0. The SMILES string of the molecule is Cc1ccc(-n2c(COc3ccccc3)nn(CN3CCCCC3)c2=S)cc1. The summed E-state index contributed by atoms with van der Waals surface area (Å²) in [5.41, 5.74) is 2.24. The van der Waals surface area contributed by atoms with Gasteiger partial charge in [-0.05, 0) is 69.3 Å². The van der Waals surface area contributed by atoms with Crippen molar-refractivity contribution < 1.29 is 4.74 Å². The fourth-order valence-corrected chi connectivity index (χ4v) is 3.86. The molecule has 28 heavy (non-hydrogen) atoms. The first-order chi connectivity index (χ1) is 13.7. The number of aryl methyl sites for hydroxylation is 1. The third kappa shape index (κ3) is 4.34. The second-order valence-corrected chi connectivity index (χ2v) is 7.66. The standard InChI is InChI=1S/C22H26N4OS/c1-18-10-12-19(13-11-18)26-21(16-27-20-8-4-2-5-9-20)23-25(22(26)28)17-24-14-6-3-7-15-24/h2,4-5,8-13H,3,6-7,14-17H2,1H3. The van der Waals surface area contributed by atoms with Gasteiger partial charge in [-0.15, -0.1) is 0 Å². The molecule has 6 heteroatoms. The van der Waals surface area contributed by atoms with Gasteiger partial charge in [-0.2, -0.15) is 5.10 Å². The lowest BCUT2D eigenvalue weighted by Gasteiger charge is -2.25. The summed E-state index contributed by atoms with van der Waals surface area (Å²) in [4.78, 5) is 2.42. The minimum atomic E-state index is 0.370. The van der Waals surface area contributed by atoms with Gasteiger partial charge in [0, 0.05) is 5.69 Å². The molecule has 1 fully saturated rings. The fourth-order valence-electron chi connectivity index (χ4n) is 3.55. The van der Waals surface area contributed by atoms with E-state index >= 15 is 0 Å². The van der Waals surface area contributed by atoms with Crippen molar-refractivity contribution in [3.05, 3.63) is 70.8 Å². The van der Waals surface area contributed by atoms with E-state index in [0.717, 1.165) is 37.0 Å². The van der Waals surface area contributed by atoms with Crippen LogP contribution in [0.25, 0.3) is 5.69 Å². The third-order valence-electron chi connectivity index (χ3n) is 5.09. The van der Waals surface area contributed by atoms with Gasteiger partial charge < -0.3 is 4.74 Å². The Morgan fingerprint density at radius 3 is 2.39 bits per heavy atom. The molecule has 0 radical (unpaired) electrons. The predicted octanol–water partition coefficient (Wildman–Crippen LogP) is 4.73. The van der Waals surface area contributed by atoms with Crippen molar-refractivity contribution in [1.29, 1.82) is 0 Å². The highest BCUT2D eigenvalue weighted by molar-refractivity contribution is 7.71. The highest BCUT2D eigenvalue weighted by atomic mass is 32.1. The molecule has 0 saturated carbocycles. The van der Waals surface area contributed by atoms with E-state index in [1.54, 1.807) is 0 Å². The van der Waals surface area contributed by atoms with Crippen LogP contribution in [0, 0.1) is 11.7 Å². The van der Waals surface area contributed by atoms with Gasteiger partial charge in [0.2, 0.25) is 4.77 Å². The lowest BCUT2D eigenvalue weighted by molar-refractivity contribution is 0.171. The van der Waals surface area contributed by atoms with Crippen molar-refractivity contribution in [2.45, 2.75) is 39.5 Å². The van der Waals surface area contributed by atoms with E-state index in [4.69, 9.17) is 22.1 Å². The number of piperidine rings is 1. The van der Waals surface area contributed by atoms with Gasteiger partial charge in [0.05, 0.1) is 6.67 Å². The summed E-state index contributed by atoms with van der Waals surface area (Å²) in [5, 5.41) is 4.83. The molecule has 0 N–H and O–H groups in total. The van der Waals surface area contributed by atoms with Gasteiger partial charge in [0.15, 0.2) is 5.82 Å². The monoisotopic (exact) mass is 394 g/mol. The number of likely N-dealkylation sites (tertiary alicyclic amines) is 1. The molecule has 4 rings (SSSR count). The lowest BCUT2D eigenvalue weighted by atomic mass is 10.1. The molecule has 0 aliphatic carbocycles. The van der Waals surface area contributed by atoms with Crippen LogP contribution in [-0.4, -0.2) is 32.3 Å². The van der Waals surface area contributed by atoms with Crippen LogP contribution in [0.1, 0.15) is 30.7 Å². The smallest absolute Gasteiger partial charge is 0.203 e. The van der Waals surface area contributed by atoms with Gasteiger partial charge in [0.25, 0.3) is 0 Å². The van der Waals surface area contributed by atoms with Crippen LogP contribution in [0.5, 0.6) is 5.75 Å². The molecule has 0 atom stereocenters. The van der Waals surface area contributed by atoms with Gasteiger partial charge in [-0.1, -0.05) is 42.3 Å². The normalized spacial score (nSPS) is 14.9. The van der Waals surface area contributed by atoms with Crippen LogP contribution in [0.15, 0.2) is 54.6 Å². The summed E-state index contributed by atoms with van der Waals surface area (Å²) in [5.74, 6) is 1.64. The number of benzene rings is 2. The molecule has 1 aliphatic rings. The highest BCUT2D eigenvalue weighted by Crippen LogP contribution is 2.18. The van der Waals surface area contributed by atoms with Crippen LogP contribution >= 0.6 is 12.2 Å². The predicted molar refractivity (Wildman–Crippen MR) is 113 cm³/mol. The van der Waals surface area contributed by atoms with Crippen molar-refractivity contribution in [2.75, 3.05) is 13.1 Å². The van der Waals surface area contributed by atoms with E-state index in [-0.39, 0.29) is 0 Å². The van der Waals surface area contributed by atoms with Crippen molar-refractivity contribution >= 4 is 12.2 Å². The first-order valence-electron chi connectivity index (χ1n) is 9.87. The number of aromatic nitrogens is 3. The topological polar surface area (TPSA) is 35.2 Å². The molecule has 5 nitrogen and oxygen atoms in total. The van der Waals surface area contributed by atoms with Crippen molar-refractivity contribution in [2.24, 2.45) is 0 Å². The highest BCUT2D eigenvalue weighted by Gasteiger charge is 2.17. The quantitative estimate of drug-likeness (QED) is 0.566. The minimum absolute atomic E-state index is 0.370. The lowest BCUT2D eigenvalue weighted by Crippen LogP contribution is -2.32. The Hall–Kier alpha value is -2.44. The van der Waals surface area contributed by atoms with E-state index in [9.17, 15) is 0 Å². The van der Waals surface area contributed by atoms with E-state index in [0.29, 0.717) is 11.4 Å². The fraction of sp³-hybridized carbons (Fsp3) is 0.364. The molecule has 3 aromatic rings. The van der Waals surface area contributed by atoms with Crippen molar-refractivity contribution in [3.63, 3.8) is 0 Å². The molecule has 2 heterocycles. The summed E-state index contributed by atoms with van der Waals surface area (Å²) in [6, 6.07) is 18.2. The van der Waals surface area contributed by atoms with E-state index in [1.807, 2.05) is 39.6 Å². The van der Waals surface area contributed by atoms with Gasteiger partial charge in [0.1, 0.15) is 12.4 Å². The number of para-hydroxylation sites is 1. The Balaban J connectivity index is 1.64. The van der Waals surface area contributed by atoms with Crippen LogP contribution in [-0.2, 0) is 13.3 Å². The number of nitrogens with zero attached hydrogens (tertiary/aromatic N) is 4. The molecular weight excluding hydrogens is 368 g/mol. The zero-order valence-electron chi connectivity index (χ0n) is 16.3. The summed E-state index contributed by atoms with van der Waals surface area (Å²) in [6.45, 7) is 5.40. The molecule has 146 valence electrons. The summed E-state index contributed by atoms with van der Waals surface area (Å²) < 4.78 is 10.7. The van der Waals surface area contributed by atoms with E-state index in [2.05, 4.69) is 36.1 Å². The first-order valence-corrected chi connectivity index (χ1v) is 10.3. The molecule has 1 saturated heterocycles. The second kappa shape index (κ2) is 8.71. The zero-order valence-corrected chi connectivity index (χ0v) is 17.1. The Bertz CT molecular complexity index is 956. The average molecular weight is 395 g/mol. The molecule has 0 bridgehead atoms. The maximum atomic E-state index is 5.98. The Morgan fingerprint density at radius 2 is 1.68 bits per heavy atom. The summed E-state index contributed by atoms with van der Waals surface area (Å²) in [6.07, 6.45) is 3.81. The van der Waals surface area contributed by atoms with Gasteiger partial charge in [-0.25, -0.2) is 4.68 Å². The van der Waals surface area contributed by atoms with Crippen LogP contribution in [0.3, 0.4) is 0 Å². The third-order valence-corrected chi connectivity index (χ3v) is 5.49. The number of ether oxygens (including phenoxy) is 1. The first kappa shape index (κ1) is 18.9. The average Bonchev–Trinajstić information content (AvgIpc) is 3.04. The van der Waals surface area contributed by atoms with Gasteiger partial charge in [-0.3, -0.25) is 9.47 Å². The maximum Gasteiger partial charge on any atom is 0.203 e. The van der Waals surface area contributed by atoms with Crippen molar-refractivity contribution in [3.8, 4) is 11.4 Å². The number of hydrogen-bond acceptors (Lipinski definition) is 4. The van der Waals surface area contributed by atoms with Crippen LogP contribution < -0.4 is 4.74 Å². The Kier molecular flexibility index (Phi) is 5.88. The molecule has 1 aromatic heterocycles. The molecule has 0 spiro atoms. The maximum absolute atomic E-state index is 5.98. The molecule has 0 amide bonds. The number of rotatable bonds is 6. The van der Waals surface area contributed by atoms with Crippen molar-refractivity contribution in [1.82, 2.24) is 19.2 Å². The summed E-state index contributed by atoms with van der Waals surface area (Å²) >= 11 is 5.81. The largest absolute Gasteiger partial charge is 0.486 e. The van der Waals surface area contributed by atoms with Gasteiger partial charge >= 0.3 is 0 Å². The number of hydrogen-bond donors (Lipinski definition) is 0. The zero-order chi connectivity index (χ0) is 19.3. The van der Waals surface area contributed by atoms with E-state index < -0.39 is 0 Å². The van der Waals surface area contributed by atoms with Crippen LogP contribution in [0.4, 0.5) is 0 Å². The molecular formula is C22H26N4OS. The van der Waals surface area contributed by atoms with Crippen LogP contribution in [0.2, 0.25) is 0 Å². The Labute approximate surface area is 171 Å². The second-order valence-electron chi connectivity index (χ2n) is 7.29. The molecule has 1 aliphatic heterocycles. The minimum Gasteiger partial charge on any atom is -0.486 e.